The lowest BCUT2D eigenvalue weighted by molar-refractivity contribution is 0.148. The van der Waals surface area contributed by atoms with Crippen molar-refractivity contribution < 1.29 is 9.47 Å². The van der Waals surface area contributed by atoms with Crippen LogP contribution in [0.3, 0.4) is 0 Å². The molecule has 13 heteroatoms. The molecule has 1 aliphatic heterocycles. The number of likely N-dealkylation sites (N-methyl/N-ethyl adjacent to an activating group) is 1. The summed E-state index contributed by atoms with van der Waals surface area (Å²) in [6.07, 6.45) is 3.85. The van der Waals surface area contributed by atoms with Crippen LogP contribution in [0.5, 0.6) is 11.5 Å². The highest BCUT2D eigenvalue weighted by Crippen LogP contribution is 2.40. The van der Waals surface area contributed by atoms with Crippen LogP contribution in [-0.4, -0.2) is 86.4 Å². The lowest BCUT2D eigenvalue weighted by Crippen LogP contribution is -2.43. The highest BCUT2D eigenvalue weighted by molar-refractivity contribution is 7.22. The van der Waals surface area contributed by atoms with Gasteiger partial charge >= 0.3 is 0 Å². The van der Waals surface area contributed by atoms with Gasteiger partial charge in [0.15, 0.2) is 28.6 Å². The maximum absolute atomic E-state index is 5.65. The van der Waals surface area contributed by atoms with Gasteiger partial charge in [0.05, 0.1) is 47.7 Å². The van der Waals surface area contributed by atoms with Crippen molar-refractivity contribution in [1.82, 2.24) is 39.0 Å². The number of nitrogens with zero attached hydrogens (tertiary/aromatic N) is 8. The number of thiophene rings is 2. The zero-order valence-corrected chi connectivity index (χ0v) is 35.5. The van der Waals surface area contributed by atoms with Gasteiger partial charge in [-0.15, -0.1) is 27.8 Å². The molecule has 0 amide bonds. The Labute approximate surface area is 360 Å². The molecule has 0 spiro atoms. The van der Waals surface area contributed by atoms with E-state index in [-0.39, 0.29) is 0 Å². The molecule has 10 aromatic rings. The molecule has 1 aliphatic rings. The maximum Gasteiger partial charge on any atom is 0.184 e. The van der Waals surface area contributed by atoms with E-state index in [9.17, 15) is 0 Å². The third-order valence-corrected chi connectivity index (χ3v) is 13.8. The van der Waals surface area contributed by atoms with E-state index in [4.69, 9.17) is 29.6 Å². The van der Waals surface area contributed by atoms with E-state index in [1.54, 1.807) is 36.9 Å². The molecule has 302 valence electrons. The largest absolute Gasteiger partial charge is 0.493 e. The van der Waals surface area contributed by atoms with Gasteiger partial charge in [-0.25, -0.2) is 19.0 Å². The number of imidazole rings is 2. The Morgan fingerprint density at radius 1 is 0.656 bits per heavy atom. The number of anilines is 2. The van der Waals surface area contributed by atoms with E-state index >= 15 is 0 Å². The fourth-order valence-electron chi connectivity index (χ4n) is 8.20. The molecule has 61 heavy (non-hydrogen) atoms. The van der Waals surface area contributed by atoms with Crippen LogP contribution in [0.2, 0.25) is 0 Å². The molecule has 6 aromatic heterocycles. The topological polar surface area (TPSA) is 97.4 Å². The summed E-state index contributed by atoms with van der Waals surface area (Å²) in [5.41, 5.74) is 9.59. The third-order valence-electron chi connectivity index (χ3n) is 11.5. The number of benzene rings is 4. The number of hydrogen-bond acceptors (Lipinski definition) is 11. The molecule has 0 unspecified atom stereocenters. The monoisotopic (exact) mass is 839 g/mol. The van der Waals surface area contributed by atoms with Gasteiger partial charge in [-0.1, -0.05) is 60.7 Å². The second-order valence-electron chi connectivity index (χ2n) is 15.4. The summed E-state index contributed by atoms with van der Waals surface area (Å²) in [5, 5.41) is 16.0. The predicted molar refractivity (Wildman–Crippen MR) is 248 cm³/mol. The van der Waals surface area contributed by atoms with Crippen molar-refractivity contribution >= 4 is 65.6 Å². The van der Waals surface area contributed by atoms with E-state index in [0.717, 1.165) is 103 Å². The summed E-state index contributed by atoms with van der Waals surface area (Å²) in [6.45, 7) is 5.34. The maximum atomic E-state index is 5.65. The lowest BCUT2D eigenvalue weighted by atomic mass is 10.0. The molecule has 1 N–H and O–H groups in total. The van der Waals surface area contributed by atoms with Crippen LogP contribution in [-0.2, 0) is 6.54 Å². The highest BCUT2D eigenvalue weighted by atomic mass is 32.1. The number of ether oxygens (including phenoxy) is 2. The van der Waals surface area contributed by atoms with E-state index in [1.807, 2.05) is 51.8 Å². The van der Waals surface area contributed by atoms with Crippen molar-refractivity contribution in [3.05, 3.63) is 133 Å². The molecule has 0 bridgehead atoms. The Kier molecular flexibility index (Phi) is 9.45. The number of hydrogen-bond donors (Lipinski definition) is 1. The second-order valence-corrected chi connectivity index (χ2v) is 17.6. The minimum Gasteiger partial charge on any atom is -0.493 e. The molecule has 4 aromatic carbocycles. The van der Waals surface area contributed by atoms with Crippen LogP contribution >= 0.6 is 22.7 Å². The van der Waals surface area contributed by atoms with Gasteiger partial charge < -0.3 is 19.7 Å². The van der Waals surface area contributed by atoms with Gasteiger partial charge in [0.1, 0.15) is 11.4 Å². The van der Waals surface area contributed by atoms with Gasteiger partial charge in [-0.3, -0.25) is 4.90 Å². The fourth-order valence-corrected chi connectivity index (χ4v) is 10.4. The number of aromatic nitrogens is 6. The van der Waals surface area contributed by atoms with E-state index < -0.39 is 0 Å². The van der Waals surface area contributed by atoms with Crippen molar-refractivity contribution in [2.75, 3.05) is 52.8 Å². The molecule has 11 rings (SSSR count). The van der Waals surface area contributed by atoms with Gasteiger partial charge in [0.25, 0.3) is 0 Å². The molecule has 0 saturated carbocycles. The standard InChI is InChI=1S/C48H41N9O2S2/c1-54-19-21-55(22-20-54)29-30-11-13-31(14-12-30)37-26-35(48-50-28-39(57(48)52-37)44-24-33-7-4-5-10-41(33)60-44)32-15-16-34-25-43(61-42(34)23-32)38-27-49-46-18-17-45(53-56(38)46)51-36-8-6-9-40(58-2)47(36)59-3/h4-18,23-28H,19-22,29H2,1-3H3,(H,51,53). The van der Waals surface area contributed by atoms with Crippen molar-refractivity contribution in [3.63, 3.8) is 0 Å². The Morgan fingerprint density at radius 3 is 2.21 bits per heavy atom. The molecule has 1 saturated heterocycles. The summed E-state index contributed by atoms with van der Waals surface area (Å²) in [4.78, 5) is 16.9. The molecular formula is C48H41N9O2S2. The Hall–Kier alpha value is -6.64. The summed E-state index contributed by atoms with van der Waals surface area (Å²) in [5.74, 6) is 1.90. The summed E-state index contributed by atoms with van der Waals surface area (Å²) in [7, 11) is 5.46. The number of nitrogens with one attached hydrogen (secondary N) is 1. The molecule has 7 heterocycles. The number of para-hydroxylation sites is 1. The first-order valence-electron chi connectivity index (χ1n) is 20.2. The van der Waals surface area contributed by atoms with Crippen molar-refractivity contribution in [1.29, 1.82) is 0 Å². The minimum atomic E-state index is 0.609. The van der Waals surface area contributed by atoms with Crippen LogP contribution in [0.25, 0.3) is 75.0 Å². The summed E-state index contributed by atoms with van der Waals surface area (Å²) < 4.78 is 17.5. The van der Waals surface area contributed by atoms with Crippen LogP contribution in [0, 0.1) is 0 Å². The molecule has 0 aliphatic carbocycles. The van der Waals surface area contributed by atoms with E-state index in [2.05, 4.69) is 107 Å². The molecule has 0 atom stereocenters. The van der Waals surface area contributed by atoms with Crippen LogP contribution < -0.4 is 14.8 Å². The van der Waals surface area contributed by atoms with Crippen molar-refractivity contribution in [2.45, 2.75) is 6.54 Å². The normalized spacial score (nSPS) is 13.8. The van der Waals surface area contributed by atoms with Crippen LogP contribution in [0.1, 0.15) is 5.56 Å². The molecule has 11 nitrogen and oxygen atoms in total. The number of piperazine rings is 1. The predicted octanol–water partition coefficient (Wildman–Crippen LogP) is 10.4. The zero-order chi connectivity index (χ0) is 41.0. The second kappa shape index (κ2) is 15.4. The lowest BCUT2D eigenvalue weighted by Gasteiger charge is -2.32. The first-order valence-corrected chi connectivity index (χ1v) is 21.9. The average molecular weight is 840 g/mol. The van der Waals surface area contributed by atoms with Gasteiger partial charge in [-0.2, -0.15) is 5.10 Å². The quantitative estimate of drug-likeness (QED) is 0.144. The van der Waals surface area contributed by atoms with E-state index in [0.29, 0.717) is 17.3 Å². The van der Waals surface area contributed by atoms with Crippen molar-refractivity contribution in [3.8, 4) is 55.0 Å². The third kappa shape index (κ3) is 6.95. The van der Waals surface area contributed by atoms with E-state index in [1.165, 1.54) is 15.6 Å². The molecule has 0 radical (unpaired) electrons. The minimum absolute atomic E-state index is 0.609. The van der Waals surface area contributed by atoms with Gasteiger partial charge in [-0.05, 0) is 83.5 Å². The Balaban J connectivity index is 0.967. The summed E-state index contributed by atoms with van der Waals surface area (Å²) in [6, 6.07) is 40.4. The number of methoxy groups -OCH3 is 2. The average Bonchev–Trinajstić information content (AvgIpc) is 4.11. The first-order chi connectivity index (χ1) is 30.0. The SMILES string of the molecule is COc1cccc(Nc2ccc3ncc(-c4cc5ccc(-c6cc(-c7ccc(CN8CCN(C)CC8)cc7)nn7c(-c8cc9ccccc9s8)cnc67)cc5s4)n3n2)c1OC. The summed E-state index contributed by atoms with van der Waals surface area (Å²) >= 11 is 3.49. The molecular weight excluding hydrogens is 799 g/mol. The first kappa shape index (κ1) is 37.4. The van der Waals surface area contributed by atoms with Crippen molar-refractivity contribution in [2.24, 2.45) is 0 Å². The van der Waals surface area contributed by atoms with Gasteiger partial charge in [0.2, 0.25) is 0 Å². The van der Waals surface area contributed by atoms with Crippen LogP contribution in [0.15, 0.2) is 128 Å². The number of fused-ring (bicyclic) bond motifs is 4. The molecule has 1 fully saturated rings. The van der Waals surface area contributed by atoms with Crippen LogP contribution in [0.4, 0.5) is 11.5 Å². The fraction of sp³-hybridized carbons (Fsp3) is 0.167. The smallest absolute Gasteiger partial charge is 0.184 e. The van der Waals surface area contributed by atoms with Gasteiger partial charge in [0, 0.05) is 53.3 Å². The highest BCUT2D eigenvalue weighted by Gasteiger charge is 2.20. The number of rotatable bonds is 10. The zero-order valence-electron chi connectivity index (χ0n) is 33.9. The Bertz CT molecular complexity index is 3200. The Morgan fingerprint density at radius 2 is 1.41 bits per heavy atom.